The average molecular weight is 235 g/mol. The third kappa shape index (κ3) is 5.17. The number of benzene rings is 1. The SMILES string of the molecule is CNCC=Cc1ccc(OCC(=O)OC)cc1. The molecule has 4 heteroatoms. The van der Waals surface area contributed by atoms with Crippen LogP contribution < -0.4 is 10.1 Å². The van der Waals surface area contributed by atoms with Gasteiger partial charge in [-0.1, -0.05) is 24.3 Å². The summed E-state index contributed by atoms with van der Waals surface area (Å²) in [4.78, 5) is 10.9. The molecule has 0 aliphatic rings. The van der Waals surface area contributed by atoms with Crippen LogP contribution in [0.25, 0.3) is 6.08 Å². The molecule has 1 aromatic carbocycles. The molecule has 0 amide bonds. The number of carbonyl (C=O) groups excluding carboxylic acids is 1. The van der Waals surface area contributed by atoms with Crippen molar-refractivity contribution in [2.24, 2.45) is 0 Å². The highest BCUT2D eigenvalue weighted by atomic mass is 16.6. The molecule has 92 valence electrons. The normalized spacial score (nSPS) is 10.5. The van der Waals surface area contributed by atoms with Crippen LogP contribution in [0.3, 0.4) is 0 Å². The Labute approximate surface area is 101 Å². The van der Waals surface area contributed by atoms with Crippen LogP contribution in [0.4, 0.5) is 0 Å². The summed E-state index contributed by atoms with van der Waals surface area (Å²) < 4.78 is 9.71. The van der Waals surface area contributed by atoms with Crippen LogP contribution in [0.2, 0.25) is 0 Å². The standard InChI is InChI=1S/C13H17NO3/c1-14-9-3-4-11-5-7-12(8-6-11)17-10-13(15)16-2/h3-8,14H,9-10H2,1-2H3. The van der Waals surface area contributed by atoms with Gasteiger partial charge in [0.15, 0.2) is 6.61 Å². The molecule has 0 saturated heterocycles. The van der Waals surface area contributed by atoms with Gasteiger partial charge in [0.05, 0.1) is 7.11 Å². The second-order valence-electron chi connectivity index (χ2n) is 3.39. The Morgan fingerprint density at radius 1 is 1.35 bits per heavy atom. The number of rotatable bonds is 6. The topological polar surface area (TPSA) is 47.6 Å². The number of hydrogen-bond donors (Lipinski definition) is 1. The summed E-state index contributed by atoms with van der Waals surface area (Å²) in [5.74, 6) is 0.268. The van der Waals surface area contributed by atoms with Gasteiger partial charge in [0.1, 0.15) is 5.75 Å². The smallest absolute Gasteiger partial charge is 0.343 e. The maximum Gasteiger partial charge on any atom is 0.343 e. The minimum absolute atomic E-state index is 0.0640. The van der Waals surface area contributed by atoms with Gasteiger partial charge in [0, 0.05) is 6.54 Å². The van der Waals surface area contributed by atoms with Gasteiger partial charge < -0.3 is 14.8 Å². The number of esters is 1. The lowest BCUT2D eigenvalue weighted by atomic mass is 10.2. The average Bonchev–Trinajstić information content (AvgIpc) is 2.37. The Morgan fingerprint density at radius 2 is 2.06 bits per heavy atom. The molecule has 1 rings (SSSR count). The summed E-state index contributed by atoms with van der Waals surface area (Å²) >= 11 is 0. The second kappa shape index (κ2) is 7.46. The van der Waals surface area contributed by atoms with Crippen LogP contribution in [0.15, 0.2) is 30.3 Å². The molecule has 0 heterocycles. The Balaban J connectivity index is 2.47. The molecule has 17 heavy (non-hydrogen) atoms. The molecule has 0 fully saturated rings. The van der Waals surface area contributed by atoms with Crippen molar-refractivity contribution in [2.45, 2.75) is 0 Å². The van der Waals surface area contributed by atoms with Crippen LogP contribution in [0.5, 0.6) is 5.75 Å². The van der Waals surface area contributed by atoms with Gasteiger partial charge in [0.25, 0.3) is 0 Å². The first-order chi connectivity index (χ1) is 8.26. The molecule has 0 radical (unpaired) electrons. The van der Waals surface area contributed by atoms with Gasteiger partial charge in [-0.15, -0.1) is 0 Å². The van der Waals surface area contributed by atoms with Crippen molar-refractivity contribution < 1.29 is 14.3 Å². The maximum absolute atomic E-state index is 10.9. The maximum atomic E-state index is 10.9. The van der Waals surface area contributed by atoms with Crippen molar-refractivity contribution in [1.82, 2.24) is 5.32 Å². The lowest BCUT2D eigenvalue weighted by Gasteiger charge is -2.04. The van der Waals surface area contributed by atoms with Gasteiger partial charge in [0.2, 0.25) is 0 Å². The van der Waals surface area contributed by atoms with Gasteiger partial charge in [-0.3, -0.25) is 0 Å². The van der Waals surface area contributed by atoms with Crippen molar-refractivity contribution in [3.63, 3.8) is 0 Å². The van der Waals surface area contributed by atoms with E-state index in [9.17, 15) is 4.79 Å². The fourth-order valence-corrected chi connectivity index (χ4v) is 1.19. The first kappa shape index (κ1) is 13.3. The lowest BCUT2D eigenvalue weighted by Crippen LogP contribution is -2.12. The molecule has 0 spiro atoms. The Bertz CT molecular complexity index is 371. The zero-order valence-corrected chi connectivity index (χ0v) is 10.1. The molecule has 0 aliphatic heterocycles. The Morgan fingerprint density at radius 3 is 2.65 bits per heavy atom. The van der Waals surface area contributed by atoms with E-state index in [1.165, 1.54) is 7.11 Å². The third-order valence-electron chi connectivity index (χ3n) is 2.10. The molecular formula is C13H17NO3. The van der Waals surface area contributed by atoms with Gasteiger partial charge in [-0.2, -0.15) is 0 Å². The molecule has 0 bridgehead atoms. The van der Waals surface area contributed by atoms with Gasteiger partial charge >= 0.3 is 5.97 Å². The summed E-state index contributed by atoms with van der Waals surface area (Å²) in [5.41, 5.74) is 1.09. The number of hydrogen-bond acceptors (Lipinski definition) is 4. The molecule has 0 saturated carbocycles. The van der Waals surface area contributed by atoms with E-state index < -0.39 is 0 Å². The lowest BCUT2D eigenvalue weighted by molar-refractivity contribution is -0.142. The van der Waals surface area contributed by atoms with Crippen molar-refractivity contribution in [1.29, 1.82) is 0 Å². The zero-order valence-electron chi connectivity index (χ0n) is 10.1. The number of likely N-dealkylation sites (N-methyl/N-ethyl adjacent to an activating group) is 1. The van der Waals surface area contributed by atoms with Crippen LogP contribution >= 0.6 is 0 Å². The van der Waals surface area contributed by atoms with Gasteiger partial charge in [-0.05, 0) is 24.7 Å². The van der Waals surface area contributed by atoms with E-state index in [1.807, 2.05) is 43.5 Å². The summed E-state index contributed by atoms with van der Waals surface area (Å²) in [6, 6.07) is 7.50. The largest absolute Gasteiger partial charge is 0.482 e. The molecule has 0 aromatic heterocycles. The number of nitrogens with one attached hydrogen (secondary N) is 1. The fourth-order valence-electron chi connectivity index (χ4n) is 1.19. The zero-order chi connectivity index (χ0) is 12.5. The second-order valence-corrected chi connectivity index (χ2v) is 3.39. The molecule has 0 unspecified atom stereocenters. The molecule has 0 atom stereocenters. The predicted octanol–water partition coefficient (Wildman–Crippen LogP) is 1.47. The van der Waals surface area contributed by atoms with Crippen molar-refractivity contribution in [3.05, 3.63) is 35.9 Å². The summed E-state index contributed by atoms with van der Waals surface area (Å²) in [6.07, 6.45) is 4.05. The van der Waals surface area contributed by atoms with Crippen molar-refractivity contribution in [2.75, 3.05) is 27.3 Å². The quantitative estimate of drug-likeness (QED) is 0.758. The van der Waals surface area contributed by atoms with Crippen LogP contribution in [0.1, 0.15) is 5.56 Å². The van der Waals surface area contributed by atoms with Crippen LogP contribution in [0, 0.1) is 0 Å². The van der Waals surface area contributed by atoms with Crippen molar-refractivity contribution >= 4 is 12.0 Å². The van der Waals surface area contributed by atoms with Gasteiger partial charge in [-0.25, -0.2) is 4.79 Å². The minimum Gasteiger partial charge on any atom is -0.482 e. The third-order valence-corrected chi connectivity index (χ3v) is 2.10. The Kier molecular flexibility index (Phi) is 5.82. The molecule has 4 nitrogen and oxygen atoms in total. The molecule has 1 aromatic rings. The summed E-state index contributed by atoms with van der Waals surface area (Å²) in [6.45, 7) is 0.770. The number of carbonyl (C=O) groups is 1. The monoisotopic (exact) mass is 235 g/mol. The molecule has 1 N–H and O–H groups in total. The van der Waals surface area contributed by atoms with E-state index in [0.29, 0.717) is 5.75 Å². The molecule has 0 aliphatic carbocycles. The summed E-state index contributed by atoms with van der Waals surface area (Å²) in [7, 11) is 3.23. The highest BCUT2D eigenvalue weighted by molar-refractivity contribution is 5.70. The number of ether oxygens (including phenoxy) is 2. The van der Waals surface area contributed by atoms with E-state index >= 15 is 0 Å². The van der Waals surface area contributed by atoms with Crippen LogP contribution in [-0.4, -0.2) is 33.3 Å². The first-order valence-corrected chi connectivity index (χ1v) is 5.37. The van der Waals surface area contributed by atoms with E-state index in [2.05, 4.69) is 10.1 Å². The Hall–Kier alpha value is -1.81. The van der Waals surface area contributed by atoms with Crippen molar-refractivity contribution in [3.8, 4) is 5.75 Å². The van der Waals surface area contributed by atoms with E-state index in [0.717, 1.165) is 12.1 Å². The predicted molar refractivity (Wildman–Crippen MR) is 66.9 cm³/mol. The summed E-state index contributed by atoms with van der Waals surface area (Å²) in [5, 5.41) is 3.03. The minimum atomic E-state index is -0.386. The molecular weight excluding hydrogens is 218 g/mol. The van der Waals surface area contributed by atoms with Crippen LogP contribution in [-0.2, 0) is 9.53 Å². The highest BCUT2D eigenvalue weighted by Gasteiger charge is 2.00. The fraction of sp³-hybridized carbons (Fsp3) is 0.308. The van der Waals surface area contributed by atoms with E-state index in [4.69, 9.17) is 4.74 Å². The van der Waals surface area contributed by atoms with E-state index in [-0.39, 0.29) is 12.6 Å². The highest BCUT2D eigenvalue weighted by Crippen LogP contribution is 2.13. The van der Waals surface area contributed by atoms with E-state index in [1.54, 1.807) is 0 Å². The first-order valence-electron chi connectivity index (χ1n) is 5.37. The number of methoxy groups -OCH3 is 1.